The van der Waals surface area contributed by atoms with Crippen molar-refractivity contribution >= 4 is 32.4 Å². The Balaban J connectivity index is 2.88. The van der Waals surface area contributed by atoms with Gasteiger partial charge < -0.3 is 10.1 Å². The van der Waals surface area contributed by atoms with Crippen molar-refractivity contribution in [3.8, 4) is 0 Å². The molecule has 1 fully saturated rings. The largest absolute Gasteiger partial charge is 0.444 e. The highest BCUT2D eigenvalue weighted by Crippen LogP contribution is 2.24. The average Bonchev–Trinajstić information content (AvgIpc) is 2.25. The van der Waals surface area contributed by atoms with E-state index in [0.29, 0.717) is 0 Å². The molecule has 2 N–H and O–H groups in total. The molecule has 0 radical (unpaired) electrons. The summed E-state index contributed by atoms with van der Waals surface area (Å²) in [4.78, 5) is 23.4. The van der Waals surface area contributed by atoms with Gasteiger partial charge in [0.15, 0.2) is 0 Å². The number of nitrogens with one attached hydrogen (secondary N) is 1. The highest BCUT2D eigenvalue weighted by Gasteiger charge is 2.54. The molecule has 0 aromatic heterocycles. The van der Waals surface area contributed by atoms with E-state index < -0.39 is 56.7 Å². The SMILES string of the molecule is CC(C)(C)OC(=O)NC1C(=O)N(S(=O)(=O)O)C1COS(C)(=O)=O. The average molecular weight is 374 g/mol. The van der Waals surface area contributed by atoms with E-state index in [4.69, 9.17) is 9.29 Å². The van der Waals surface area contributed by atoms with E-state index in [2.05, 4.69) is 9.50 Å². The Hall–Kier alpha value is -1.44. The summed E-state index contributed by atoms with van der Waals surface area (Å²) in [7, 11) is -8.84. The minimum atomic E-state index is -4.92. The molecular formula is C10H18N2O9S2. The van der Waals surface area contributed by atoms with Gasteiger partial charge in [-0.15, -0.1) is 0 Å². The molecule has 2 atom stereocenters. The number of amides is 2. The molecule has 1 aliphatic heterocycles. The van der Waals surface area contributed by atoms with Crippen molar-refractivity contribution in [3.05, 3.63) is 0 Å². The molecule has 1 heterocycles. The van der Waals surface area contributed by atoms with E-state index >= 15 is 0 Å². The Bertz CT molecular complexity index is 692. The molecule has 0 bridgehead atoms. The molecule has 0 saturated carbocycles. The van der Waals surface area contributed by atoms with Crippen molar-refractivity contribution in [3.63, 3.8) is 0 Å². The van der Waals surface area contributed by atoms with E-state index in [1.54, 1.807) is 20.8 Å². The summed E-state index contributed by atoms with van der Waals surface area (Å²) in [6.07, 6.45) is -0.281. The summed E-state index contributed by atoms with van der Waals surface area (Å²) in [5.41, 5.74) is -0.863. The zero-order valence-corrected chi connectivity index (χ0v) is 14.5. The maximum Gasteiger partial charge on any atom is 0.408 e. The fourth-order valence-corrected chi connectivity index (χ4v) is 3.01. The summed E-state index contributed by atoms with van der Waals surface area (Å²) >= 11 is 0. The smallest absolute Gasteiger partial charge is 0.408 e. The van der Waals surface area contributed by atoms with Crippen molar-refractivity contribution in [2.24, 2.45) is 0 Å². The minimum absolute atomic E-state index is 0.0280. The molecule has 13 heteroatoms. The third kappa shape index (κ3) is 5.60. The molecule has 0 aromatic rings. The first-order valence-corrected chi connectivity index (χ1v) is 9.48. The molecule has 1 rings (SSSR count). The fourth-order valence-electron chi connectivity index (χ4n) is 1.75. The first kappa shape index (κ1) is 19.6. The van der Waals surface area contributed by atoms with Gasteiger partial charge in [-0.05, 0) is 20.8 Å². The van der Waals surface area contributed by atoms with E-state index in [9.17, 15) is 26.4 Å². The Morgan fingerprint density at radius 1 is 1.30 bits per heavy atom. The molecule has 2 unspecified atom stereocenters. The van der Waals surface area contributed by atoms with Gasteiger partial charge >= 0.3 is 16.4 Å². The maximum atomic E-state index is 11.8. The maximum absolute atomic E-state index is 11.8. The summed E-state index contributed by atoms with van der Waals surface area (Å²) in [6.45, 7) is 3.96. The zero-order chi connectivity index (χ0) is 18.2. The molecular weight excluding hydrogens is 356 g/mol. The van der Waals surface area contributed by atoms with Gasteiger partial charge in [0.25, 0.3) is 16.0 Å². The van der Waals surface area contributed by atoms with Gasteiger partial charge in [-0.2, -0.15) is 16.8 Å². The second-order valence-electron chi connectivity index (χ2n) is 5.79. The van der Waals surface area contributed by atoms with Crippen LogP contribution in [0.3, 0.4) is 0 Å². The van der Waals surface area contributed by atoms with E-state index in [1.807, 2.05) is 0 Å². The molecule has 11 nitrogen and oxygen atoms in total. The lowest BCUT2D eigenvalue weighted by molar-refractivity contribution is -0.143. The lowest BCUT2D eigenvalue weighted by Gasteiger charge is -2.43. The van der Waals surface area contributed by atoms with E-state index in [0.717, 1.165) is 6.26 Å². The molecule has 2 amide bonds. The monoisotopic (exact) mass is 374 g/mol. The summed E-state index contributed by atoms with van der Waals surface area (Å²) < 4.78 is 62.6. The van der Waals surface area contributed by atoms with Crippen molar-refractivity contribution in [1.82, 2.24) is 9.62 Å². The number of alkyl carbamates (subject to hydrolysis) is 1. The second kappa shape index (κ2) is 6.22. The summed E-state index contributed by atoms with van der Waals surface area (Å²) in [5, 5.41) is 2.11. The summed E-state index contributed by atoms with van der Waals surface area (Å²) in [5.74, 6) is -1.14. The predicted octanol–water partition coefficient (Wildman–Crippen LogP) is -1.13. The van der Waals surface area contributed by atoms with Gasteiger partial charge in [0.05, 0.1) is 12.9 Å². The van der Waals surface area contributed by atoms with Crippen molar-refractivity contribution in [2.75, 3.05) is 12.9 Å². The van der Waals surface area contributed by atoms with E-state index in [1.165, 1.54) is 0 Å². The van der Waals surface area contributed by atoms with Gasteiger partial charge in [0, 0.05) is 0 Å². The molecule has 0 spiro atoms. The van der Waals surface area contributed by atoms with Crippen LogP contribution in [-0.2, 0) is 34.1 Å². The van der Waals surface area contributed by atoms with Crippen molar-refractivity contribution in [1.29, 1.82) is 0 Å². The van der Waals surface area contributed by atoms with Gasteiger partial charge in [-0.3, -0.25) is 13.5 Å². The van der Waals surface area contributed by atoms with Gasteiger partial charge in [0.1, 0.15) is 17.7 Å². The highest BCUT2D eigenvalue weighted by molar-refractivity contribution is 7.86. The first-order valence-electron chi connectivity index (χ1n) is 6.26. The Labute approximate surface area is 133 Å². The van der Waals surface area contributed by atoms with Crippen LogP contribution in [0, 0.1) is 0 Å². The number of hydrogen-bond donors (Lipinski definition) is 2. The standard InChI is InChI=1S/C10H18N2O9S2/c1-10(2,3)21-9(14)11-7-6(5-20-22(4,15)16)12(8(7)13)23(17,18)19/h6-7H,5H2,1-4H3,(H,11,14)(H,17,18,19). The van der Waals surface area contributed by atoms with Crippen LogP contribution < -0.4 is 5.32 Å². The van der Waals surface area contributed by atoms with Crippen LogP contribution in [-0.4, -0.2) is 68.2 Å². The molecule has 1 saturated heterocycles. The Morgan fingerprint density at radius 3 is 2.22 bits per heavy atom. The van der Waals surface area contributed by atoms with Crippen LogP contribution in [0.4, 0.5) is 4.79 Å². The first-order chi connectivity index (χ1) is 10.1. The lowest BCUT2D eigenvalue weighted by atomic mass is 10.0. The number of ether oxygens (including phenoxy) is 1. The summed E-state index contributed by atoms with van der Waals surface area (Å²) in [6, 6.07) is -2.83. The van der Waals surface area contributed by atoms with Crippen LogP contribution in [0.2, 0.25) is 0 Å². The van der Waals surface area contributed by atoms with Crippen LogP contribution in [0.25, 0.3) is 0 Å². The Morgan fingerprint density at radius 2 is 1.83 bits per heavy atom. The second-order valence-corrected chi connectivity index (χ2v) is 8.72. The van der Waals surface area contributed by atoms with Gasteiger partial charge in [0.2, 0.25) is 0 Å². The molecule has 0 aliphatic carbocycles. The predicted molar refractivity (Wildman–Crippen MR) is 76.1 cm³/mol. The molecule has 1 aliphatic rings. The number of rotatable bonds is 5. The normalized spacial score (nSPS) is 22.5. The topological polar surface area (TPSA) is 156 Å². The molecule has 0 aromatic carbocycles. The number of hydrogen-bond acceptors (Lipinski definition) is 8. The van der Waals surface area contributed by atoms with Crippen LogP contribution >= 0.6 is 0 Å². The highest BCUT2D eigenvalue weighted by atomic mass is 32.2. The van der Waals surface area contributed by atoms with Crippen LogP contribution in [0.1, 0.15) is 20.8 Å². The zero-order valence-electron chi connectivity index (χ0n) is 12.8. The van der Waals surface area contributed by atoms with Crippen molar-refractivity contribution in [2.45, 2.75) is 38.5 Å². The third-order valence-electron chi connectivity index (χ3n) is 2.54. The third-order valence-corrected chi connectivity index (χ3v) is 4.06. The number of carbonyl (C=O) groups excluding carboxylic acids is 2. The molecule has 23 heavy (non-hydrogen) atoms. The van der Waals surface area contributed by atoms with Gasteiger partial charge in [-0.25, -0.2) is 9.10 Å². The van der Waals surface area contributed by atoms with Crippen molar-refractivity contribution < 1.29 is 39.9 Å². The lowest BCUT2D eigenvalue weighted by Crippen LogP contribution is -2.73. The number of β-lactam (4-membered cyclic amide) rings is 1. The number of nitrogens with zero attached hydrogens (tertiary/aromatic N) is 1. The van der Waals surface area contributed by atoms with Crippen LogP contribution in [0.15, 0.2) is 0 Å². The van der Waals surface area contributed by atoms with Gasteiger partial charge in [-0.1, -0.05) is 0 Å². The minimum Gasteiger partial charge on any atom is -0.444 e. The van der Waals surface area contributed by atoms with Crippen LogP contribution in [0.5, 0.6) is 0 Å². The fraction of sp³-hybridized carbons (Fsp3) is 0.800. The Kier molecular flexibility index (Phi) is 5.30. The van der Waals surface area contributed by atoms with E-state index in [-0.39, 0.29) is 4.31 Å². The quantitative estimate of drug-likeness (QED) is 0.345. The molecule has 134 valence electrons. The number of carbonyl (C=O) groups is 2.